The van der Waals surface area contributed by atoms with Crippen molar-refractivity contribution in [3.05, 3.63) is 94.7 Å². The van der Waals surface area contributed by atoms with Crippen molar-refractivity contribution >= 4 is 0 Å². The van der Waals surface area contributed by atoms with Crippen molar-refractivity contribution < 1.29 is 9.47 Å². The first kappa shape index (κ1) is 17.6. The number of rotatable bonds is 8. The van der Waals surface area contributed by atoms with Gasteiger partial charge in [0, 0.05) is 18.8 Å². The summed E-state index contributed by atoms with van der Waals surface area (Å²) in [6.45, 7) is 0.505. The first-order valence-electron chi connectivity index (χ1n) is 8.39. The molecule has 0 fully saturated rings. The molecule has 0 amide bonds. The number of nitroso groups, excluding NO2 is 1. The SMILES string of the molecule is COc1ccc(OCCc2ccccc2C(N=O)c2ccncc2)cc1. The van der Waals surface area contributed by atoms with E-state index >= 15 is 0 Å². The van der Waals surface area contributed by atoms with Crippen molar-refractivity contribution in [2.24, 2.45) is 5.18 Å². The van der Waals surface area contributed by atoms with E-state index in [4.69, 9.17) is 9.47 Å². The Hall–Kier alpha value is -3.21. The van der Waals surface area contributed by atoms with Gasteiger partial charge in [-0.2, -0.15) is 0 Å². The lowest BCUT2D eigenvalue weighted by Gasteiger charge is -2.15. The van der Waals surface area contributed by atoms with Crippen LogP contribution in [0, 0.1) is 4.91 Å². The Morgan fingerprint density at radius 1 is 0.962 bits per heavy atom. The van der Waals surface area contributed by atoms with Gasteiger partial charge in [0.25, 0.3) is 0 Å². The van der Waals surface area contributed by atoms with Crippen LogP contribution in [0.5, 0.6) is 11.5 Å². The standard InChI is InChI=1S/C21H20N2O3/c1-25-18-6-8-19(9-7-18)26-15-12-16-4-2-3-5-20(16)21(23-24)17-10-13-22-14-11-17/h2-11,13-14,21H,12,15H2,1H3. The Morgan fingerprint density at radius 2 is 1.65 bits per heavy atom. The van der Waals surface area contributed by atoms with Crippen LogP contribution in [0.1, 0.15) is 22.7 Å². The highest BCUT2D eigenvalue weighted by Crippen LogP contribution is 2.28. The van der Waals surface area contributed by atoms with Crippen LogP contribution < -0.4 is 9.47 Å². The number of ether oxygens (including phenoxy) is 2. The lowest BCUT2D eigenvalue weighted by molar-refractivity contribution is 0.320. The second kappa shape index (κ2) is 8.76. The van der Waals surface area contributed by atoms with E-state index in [1.165, 1.54) is 0 Å². The number of methoxy groups -OCH3 is 1. The van der Waals surface area contributed by atoms with Crippen molar-refractivity contribution in [2.75, 3.05) is 13.7 Å². The maximum absolute atomic E-state index is 11.5. The average molecular weight is 348 g/mol. The summed E-state index contributed by atoms with van der Waals surface area (Å²) in [7, 11) is 1.63. The Morgan fingerprint density at radius 3 is 2.35 bits per heavy atom. The number of nitrogens with zero attached hydrogens (tertiary/aromatic N) is 2. The van der Waals surface area contributed by atoms with Gasteiger partial charge >= 0.3 is 0 Å². The normalized spacial score (nSPS) is 11.6. The Labute approximate surface area is 152 Å². The molecule has 5 nitrogen and oxygen atoms in total. The number of pyridine rings is 1. The molecule has 0 N–H and O–H groups in total. The minimum Gasteiger partial charge on any atom is -0.497 e. The number of hydrogen-bond acceptors (Lipinski definition) is 5. The van der Waals surface area contributed by atoms with Crippen LogP contribution in [-0.4, -0.2) is 18.7 Å². The minimum atomic E-state index is -0.546. The van der Waals surface area contributed by atoms with Gasteiger partial charge < -0.3 is 9.47 Å². The van der Waals surface area contributed by atoms with E-state index in [2.05, 4.69) is 10.2 Å². The van der Waals surface area contributed by atoms with Crippen molar-refractivity contribution in [1.29, 1.82) is 0 Å². The Kier molecular flexibility index (Phi) is 5.93. The molecule has 0 saturated carbocycles. The highest BCUT2D eigenvalue weighted by Gasteiger charge is 2.17. The summed E-state index contributed by atoms with van der Waals surface area (Å²) in [6.07, 6.45) is 4.02. The fraction of sp³-hybridized carbons (Fsp3) is 0.190. The van der Waals surface area contributed by atoms with Crippen molar-refractivity contribution in [1.82, 2.24) is 4.98 Å². The van der Waals surface area contributed by atoms with Gasteiger partial charge in [-0.1, -0.05) is 29.4 Å². The molecule has 3 aromatic rings. The van der Waals surface area contributed by atoms with E-state index in [1.54, 1.807) is 19.5 Å². The zero-order chi connectivity index (χ0) is 18.2. The van der Waals surface area contributed by atoms with Crippen LogP contribution in [0.4, 0.5) is 0 Å². The van der Waals surface area contributed by atoms with Gasteiger partial charge in [-0.05, 0) is 53.1 Å². The maximum atomic E-state index is 11.5. The Balaban J connectivity index is 1.71. The summed E-state index contributed by atoms with van der Waals surface area (Å²) in [5.41, 5.74) is 2.77. The smallest absolute Gasteiger partial charge is 0.142 e. The zero-order valence-electron chi connectivity index (χ0n) is 14.5. The van der Waals surface area contributed by atoms with Crippen LogP contribution in [-0.2, 0) is 6.42 Å². The van der Waals surface area contributed by atoms with E-state index in [0.717, 1.165) is 28.2 Å². The van der Waals surface area contributed by atoms with Crippen LogP contribution in [0.2, 0.25) is 0 Å². The number of hydrogen-bond donors (Lipinski definition) is 0. The largest absolute Gasteiger partial charge is 0.497 e. The second-order valence-corrected chi connectivity index (χ2v) is 5.76. The molecule has 132 valence electrons. The molecule has 0 aliphatic rings. The van der Waals surface area contributed by atoms with Crippen LogP contribution in [0.25, 0.3) is 0 Å². The third-order valence-corrected chi connectivity index (χ3v) is 4.18. The molecule has 0 aliphatic carbocycles. The molecular formula is C21H20N2O3. The number of benzene rings is 2. The molecule has 5 heteroatoms. The lowest BCUT2D eigenvalue weighted by Crippen LogP contribution is -2.07. The molecule has 0 aliphatic heterocycles. The summed E-state index contributed by atoms with van der Waals surface area (Å²) >= 11 is 0. The molecule has 0 spiro atoms. The molecular weight excluding hydrogens is 328 g/mol. The van der Waals surface area contributed by atoms with Gasteiger partial charge in [-0.25, -0.2) is 0 Å². The lowest BCUT2D eigenvalue weighted by atomic mass is 9.94. The zero-order valence-corrected chi connectivity index (χ0v) is 14.5. The maximum Gasteiger partial charge on any atom is 0.142 e. The predicted octanol–water partition coefficient (Wildman–Crippen LogP) is 4.57. The van der Waals surface area contributed by atoms with Crippen LogP contribution in [0.15, 0.2) is 78.2 Å². The summed E-state index contributed by atoms with van der Waals surface area (Å²) in [5.74, 6) is 1.57. The van der Waals surface area contributed by atoms with E-state index in [-0.39, 0.29) is 0 Å². The molecule has 26 heavy (non-hydrogen) atoms. The van der Waals surface area contributed by atoms with E-state index in [9.17, 15) is 4.91 Å². The molecule has 1 atom stereocenters. The fourth-order valence-electron chi connectivity index (χ4n) is 2.82. The fourth-order valence-corrected chi connectivity index (χ4v) is 2.82. The molecule has 1 heterocycles. The molecule has 1 aromatic heterocycles. The first-order valence-corrected chi connectivity index (χ1v) is 8.39. The van der Waals surface area contributed by atoms with Crippen LogP contribution in [0.3, 0.4) is 0 Å². The predicted molar refractivity (Wildman–Crippen MR) is 101 cm³/mol. The van der Waals surface area contributed by atoms with E-state index < -0.39 is 6.04 Å². The second-order valence-electron chi connectivity index (χ2n) is 5.76. The summed E-state index contributed by atoms with van der Waals surface area (Å²) in [6, 6.07) is 18.4. The minimum absolute atomic E-state index is 0.505. The van der Waals surface area contributed by atoms with Gasteiger partial charge in [-0.3, -0.25) is 4.98 Å². The van der Waals surface area contributed by atoms with Crippen LogP contribution >= 0.6 is 0 Å². The summed E-state index contributed by atoms with van der Waals surface area (Å²) in [5, 5.41) is 3.34. The summed E-state index contributed by atoms with van der Waals surface area (Å²) < 4.78 is 10.9. The quantitative estimate of drug-likeness (QED) is 0.560. The van der Waals surface area contributed by atoms with Gasteiger partial charge in [0.1, 0.15) is 17.5 Å². The average Bonchev–Trinajstić information content (AvgIpc) is 2.71. The third-order valence-electron chi connectivity index (χ3n) is 4.18. The number of aromatic nitrogens is 1. The Bertz CT molecular complexity index is 835. The van der Waals surface area contributed by atoms with Gasteiger partial charge in [-0.15, -0.1) is 4.91 Å². The highest BCUT2D eigenvalue weighted by atomic mass is 16.5. The molecule has 3 rings (SSSR count). The molecule has 0 bridgehead atoms. The van der Waals surface area contributed by atoms with E-state index in [0.29, 0.717) is 13.0 Å². The highest BCUT2D eigenvalue weighted by molar-refractivity contribution is 5.37. The molecule has 0 radical (unpaired) electrons. The van der Waals surface area contributed by atoms with E-state index in [1.807, 2.05) is 60.7 Å². The van der Waals surface area contributed by atoms with Crippen molar-refractivity contribution in [3.63, 3.8) is 0 Å². The molecule has 2 aromatic carbocycles. The topological polar surface area (TPSA) is 60.8 Å². The first-order chi connectivity index (χ1) is 12.8. The van der Waals surface area contributed by atoms with Gasteiger partial charge in [0.05, 0.1) is 13.7 Å². The van der Waals surface area contributed by atoms with Crippen molar-refractivity contribution in [3.8, 4) is 11.5 Å². The summed E-state index contributed by atoms with van der Waals surface area (Å²) in [4.78, 5) is 15.5. The van der Waals surface area contributed by atoms with Gasteiger partial charge in [0.15, 0.2) is 0 Å². The molecule has 1 unspecified atom stereocenters. The van der Waals surface area contributed by atoms with Gasteiger partial charge in [0.2, 0.25) is 0 Å². The molecule has 0 saturated heterocycles. The monoisotopic (exact) mass is 348 g/mol. The third kappa shape index (κ3) is 4.25. The van der Waals surface area contributed by atoms with Crippen molar-refractivity contribution in [2.45, 2.75) is 12.5 Å².